The van der Waals surface area contributed by atoms with Crippen LogP contribution in [-0.2, 0) is 11.2 Å². The smallest absolute Gasteiger partial charge is 0.231 e. The summed E-state index contributed by atoms with van der Waals surface area (Å²) in [4.78, 5) is 12.0. The molecule has 0 bridgehead atoms. The Kier molecular flexibility index (Phi) is 3.48. The maximum Gasteiger partial charge on any atom is 0.231 e. The van der Waals surface area contributed by atoms with E-state index in [0.29, 0.717) is 22.2 Å². The topological polar surface area (TPSA) is 47.6 Å². The molecule has 20 heavy (non-hydrogen) atoms. The molecule has 3 rings (SSSR count). The van der Waals surface area contributed by atoms with Crippen LogP contribution >= 0.6 is 11.6 Å². The van der Waals surface area contributed by atoms with Crippen molar-refractivity contribution in [3.8, 4) is 11.5 Å². The molecular formula is C15H12ClNO3. The van der Waals surface area contributed by atoms with Gasteiger partial charge in [0.25, 0.3) is 0 Å². The van der Waals surface area contributed by atoms with E-state index in [1.165, 1.54) is 0 Å². The molecule has 1 heterocycles. The van der Waals surface area contributed by atoms with E-state index in [-0.39, 0.29) is 19.1 Å². The Labute approximate surface area is 121 Å². The summed E-state index contributed by atoms with van der Waals surface area (Å²) in [6.45, 7) is 0.218. The van der Waals surface area contributed by atoms with Gasteiger partial charge in [-0.1, -0.05) is 23.7 Å². The molecule has 0 aromatic heterocycles. The van der Waals surface area contributed by atoms with Crippen LogP contribution in [0.25, 0.3) is 0 Å². The van der Waals surface area contributed by atoms with Gasteiger partial charge in [0, 0.05) is 16.8 Å². The van der Waals surface area contributed by atoms with Crippen LogP contribution in [0, 0.1) is 0 Å². The predicted octanol–water partition coefficient (Wildman–Crippen LogP) is 3.25. The molecule has 1 amide bonds. The Balaban J connectivity index is 1.67. The van der Waals surface area contributed by atoms with E-state index >= 15 is 0 Å². The lowest BCUT2D eigenvalue weighted by Crippen LogP contribution is -2.14. The number of benzene rings is 2. The first-order valence-electron chi connectivity index (χ1n) is 6.15. The Bertz CT molecular complexity index is 657. The molecule has 0 aliphatic carbocycles. The van der Waals surface area contributed by atoms with Gasteiger partial charge in [0.2, 0.25) is 12.7 Å². The second kappa shape index (κ2) is 5.43. The fraction of sp³-hybridized carbons (Fsp3) is 0.133. The second-order valence-corrected chi connectivity index (χ2v) is 4.86. The van der Waals surface area contributed by atoms with E-state index in [1.807, 2.05) is 12.1 Å². The first kappa shape index (κ1) is 12.8. The summed E-state index contributed by atoms with van der Waals surface area (Å²) in [5, 5.41) is 3.45. The highest BCUT2D eigenvalue weighted by Crippen LogP contribution is 2.34. The Morgan fingerprint density at radius 3 is 2.85 bits per heavy atom. The summed E-state index contributed by atoms with van der Waals surface area (Å²) in [7, 11) is 0. The van der Waals surface area contributed by atoms with Gasteiger partial charge in [0.1, 0.15) is 0 Å². The zero-order chi connectivity index (χ0) is 13.9. The molecule has 1 aliphatic rings. The maximum absolute atomic E-state index is 12.0. The highest BCUT2D eigenvalue weighted by Gasteiger charge is 2.14. The fourth-order valence-corrected chi connectivity index (χ4v) is 2.22. The number of amides is 1. The van der Waals surface area contributed by atoms with Crippen LogP contribution < -0.4 is 14.8 Å². The van der Waals surface area contributed by atoms with Gasteiger partial charge in [-0.25, -0.2) is 0 Å². The standard InChI is InChI=1S/C15H12ClNO3/c16-11-3-1-2-10(6-11)7-15(18)17-12-4-5-13-14(8-12)20-9-19-13/h1-6,8H,7,9H2,(H,17,18). The number of hydrogen-bond donors (Lipinski definition) is 1. The van der Waals surface area contributed by atoms with Gasteiger partial charge in [-0.05, 0) is 29.8 Å². The van der Waals surface area contributed by atoms with Crippen molar-refractivity contribution in [1.29, 1.82) is 0 Å². The summed E-state index contributed by atoms with van der Waals surface area (Å²) in [6, 6.07) is 12.6. The number of fused-ring (bicyclic) bond motifs is 1. The average Bonchev–Trinajstić information content (AvgIpc) is 2.86. The largest absolute Gasteiger partial charge is 0.454 e. The molecule has 1 N–H and O–H groups in total. The van der Waals surface area contributed by atoms with Crippen molar-refractivity contribution in [3.63, 3.8) is 0 Å². The summed E-state index contributed by atoms with van der Waals surface area (Å²) < 4.78 is 10.5. The van der Waals surface area contributed by atoms with Crippen molar-refractivity contribution in [2.75, 3.05) is 12.1 Å². The third kappa shape index (κ3) is 2.86. The quantitative estimate of drug-likeness (QED) is 0.943. The molecule has 0 fully saturated rings. The SMILES string of the molecule is O=C(Cc1cccc(Cl)c1)Nc1ccc2c(c1)OCO2. The lowest BCUT2D eigenvalue weighted by atomic mass is 10.1. The zero-order valence-corrected chi connectivity index (χ0v) is 11.3. The molecule has 4 nitrogen and oxygen atoms in total. The average molecular weight is 290 g/mol. The Morgan fingerprint density at radius 1 is 1.15 bits per heavy atom. The minimum Gasteiger partial charge on any atom is -0.454 e. The summed E-state index contributed by atoms with van der Waals surface area (Å²) >= 11 is 5.89. The minimum atomic E-state index is -0.105. The summed E-state index contributed by atoms with van der Waals surface area (Å²) in [6.07, 6.45) is 0.273. The van der Waals surface area contributed by atoms with E-state index in [9.17, 15) is 4.79 Å². The first-order chi connectivity index (χ1) is 9.70. The van der Waals surface area contributed by atoms with Crippen LogP contribution in [0.1, 0.15) is 5.56 Å². The third-order valence-electron chi connectivity index (χ3n) is 2.91. The molecule has 0 unspecified atom stereocenters. The Hall–Kier alpha value is -2.20. The molecule has 5 heteroatoms. The number of carbonyl (C=O) groups is 1. The van der Waals surface area contributed by atoms with Crippen LogP contribution in [0.2, 0.25) is 5.02 Å². The number of rotatable bonds is 3. The molecule has 2 aromatic carbocycles. The molecule has 1 aliphatic heterocycles. The van der Waals surface area contributed by atoms with Crippen LogP contribution in [0.3, 0.4) is 0 Å². The van der Waals surface area contributed by atoms with Gasteiger partial charge >= 0.3 is 0 Å². The molecule has 0 radical (unpaired) electrons. The van der Waals surface area contributed by atoms with Crippen LogP contribution in [0.15, 0.2) is 42.5 Å². The summed E-state index contributed by atoms with van der Waals surface area (Å²) in [5.41, 5.74) is 1.55. The van der Waals surface area contributed by atoms with E-state index < -0.39 is 0 Å². The lowest BCUT2D eigenvalue weighted by Gasteiger charge is -2.06. The fourth-order valence-electron chi connectivity index (χ4n) is 2.01. The molecule has 0 saturated heterocycles. The van der Waals surface area contributed by atoms with Gasteiger partial charge in [-0.3, -0.25) is 4.79 Å². The molecule has 0 spiro atoms. The van der Waals surface area contributed by atoms with Gasteiger partial charge in [-0.15, -0.1) is 0 Å². The van der Waals surface area contributed by atoms with Crippen molar-refractivity contribution in [2.24, 2.45) is 0 Å². The van der Waals surface area contributed by atoms with Crippen molar-refractivity contribution in [2.45, 2.75) is 6.42 Å². The number of nitrogens with one attached hydrogen (secondary N) is 1. The number of carbonyl (C=O) groups excluding carboxylic acids is 1. The molecule has 0 saturated carbocycles. The van der Waals surface area contributed by atoms with E-state index in [1.54, 1.807) is 30.3 Å². The first-order valence-corrected chi connectivity index (χ1v) is 6.52. The highest BCUT2D eigenvalue weighted by molar-refractivity contribution is 6.30. The second-order valence-electron chi connectivity index (χ2n) is 4.42. The van der Waals surface area contributed by atoms with Crippen molar-refractivity contribution in [3.05, 3.63) is 53.1 Å². The van der Waals surface area contributed by atoms with Gasteiger partial charge in [0.15, 0.2) is 11.5 Å². The maximum atomic E-state index is 12.0. The molecule has 0 atom stereocenters. The zero-order valence-electron chi connectivity index (χ0n) is 10.6. The van der Waals surface area contributed by atoms with Crippen LogP contribution in [0.5, 0.6) is 11.5 Å². The number of hydrogen-bond acceptors (Lipinski definition) is 3. The molecule has 102 valence electrons. The van der Waals surface area contributed by atoms with Gasteiger partial charge in [0.05, 0.1) is 6.42 Å². The van der Waals surface area contributed by atoms with Crippen molar-refractivity contribution >= 4 is 23.2 Å². The van der Waals surface area contributed by atoms with Gasteiger partial charge in [-0.2, -0.15) is 0 Å². The van der Waals surface area contributed by atoms with E-state index in [4.69, 9.17) is 21.1 Å². The minimum absolute atomic E-state index is 0.105. The van der Waals surface area contributed by atoms with Crippen LogP contribution in [0.4, 0.5) is 5.69 Å². The lowest BCUT2D eigenvalue weighted by molar-refractivity contribution is -0.115. The van der Waals surface area contributed by atoms with E-state index in [2.05, 4.69) is 5.32 Å². The van der Waals surface area contributed by atoms with Crippen molar-refractivity contribution in [1.82, 2.24) is 0 Å². The molecule has 2 aromatic rings. The number of halogens is 1. The normalized spacial score (nSPS) is 12.2. The highest BCUT2D eigenvalue weighted by atomic mass is 35.5. The Morgan fingerprint density at radius 2 is 2.00 bits per heavy atom. The van der Waals surface area contributed by atoms with Gasteiger partial charge < -0.3 is 14.8 Å². The number of anilines is 1. The van der Waals surface area contributed by atoms with Crippen LogP contribution in [-0.4, -0.2) is 12.7 Å². The predicted molar refractivity (Wildman–Crippen MR) is 76.4 cm³/mol. The number of ether oxygens (including phenoxy) is 2. The summed E-state index contributed by atoms with van der Waals surface area (Å²) in [5.74, 6) is 1.23. The monoisotopic (exact) mass is 289 g/mol. The van der Waals surface area contributed by atoms with E-state index in [0.717, 1.165) is 5.56 Å². The third-order valence-corrected chi connectivity index (χ3v) is 3.15. The van der Waals surface area contributed by atoms with Crippen molar-refractivity contribution < 1.29 is 14.3 Å². The molecular weight excluding hydrogens is 278 g/mol.